The molecule has 2 aromatic rings. The van der Waals surface area contributed by atoms with Gasteiger partial charge in [-0.2, -0.15) is 5.26 Å². The summed E-state index contributed by atoms with van der Waals surface area (Å²) in [7, 11) is 1.66. The van der Waals surface area contributed by atoms with Gasteiger partial charge < -0.3 is 9.47 Å². The van der Waals surface area contributed by atoms with Gasteiger partial charge in [-0.3, -0.25) is 0 Å². The second-order valence-electron chi connectivity index (χ2n) is 7.64. The third-order valence-corrected chi connectivity index (χ3v) is 6.11. The van der Waals surface area contributed by atoms with Crippen LogP contribution in [0.25, 0.3) is 0 Å². The molecule has 0 unspecified atom stereocenters. The molecule has 1 aromatic carbocycles. The molecule has 7 nitrogen and oxygen atoms in total. The number of nitrogens with one attached hydrogen (secondary N) is 1. The minimum absolute atomic E-state index is 0.252. The van der Waals surface area contributed by atoms with E-state index in [1.165, 1.54) is 12.8 Å². The molecule has 7 heteroatoms. The van der Waals surface area contributed by atoms with Crippen molar-refractivity contribution in [2.75, 3.05) is 7.11 Å². The molecular weight excluding hydrogens is 342 g/mol. The fourth-order valence-corrected chi connectivity index (χ4v) is 4.44. The van der Waals surface area contributed by atoms with Crippen molar-refractivity contribution in [3.8, 4) is 17.6 Å². The van der Waals surface area contributed by atoms with Crippen LogP contribution in [0.1, 0.15) is 68.7 Å². The number of nitriles is 1. The fraction of sp³-hybridized carbons (Fsp3) is 0.600. The number of benzene rings is 1. The first-order valence-electron chi connectivity index (χ1n) is 9.74. The molecule has 0 radical (unpaired) electrons. The van der Waals surface area contributed by atoms with Crippen molar-refractivity contribution < 1.29 is 9.47 Å². The van der Waals surface area contributed by atoms with Gasteiger partial charge in [0, 0.05) is 5.92 Å². The third-order valence-electron chi connectivity index (χ3n) is 6.11. The maximum atomic E-state index is 10.0. The maximum Gasteiger partial charge on any atom is 0.161 e. The lowest BCUT2D eigenvalue weighted by Crippen LogP contribution is -2.30. The summed E-state index contributed by atoms with van der Waals surface area (Å²) in [6.07, 6.45) is 8.19. The number of hydrogen-bond donors (Lipinski definition) is 1. The van der Waals surface area contributed by atoms with E-state index < -0.39 is 5.41 Å². The topological polar surface area (TPSA) is 96.7 Å². The fourth-order valence-electron chi connectivity index (χ4n) is 4.44. The van der Waals surface area contributed by atoms with Crippen LogP contribution in [0.5, 0.6) is 11.5 Å². The Morgan fingerprint density at radius 1 is 1.15 bits per heavy atom. The van der Waals surface area contributed by atoms with Gasteiger partial charge in [0.15, 0.2) is 17.3 Å². The van der Waals surface area contributed by atoms with E-state index in [9.17, 15) is 5.26 Å². The van der Waals surface area contributed by atoms with Gasteiger partial charge in [0.05, 0.1) is 24.7 Å². The Morgan fingerprint density at radius 3 is 2.56 bits per heavy atom. The summed E-state index contributed by atoms with van der Waals surface area (Å²) in [5, 5.41) is 24.3. The highest BCUT2D eigenvalue weighted by Crippen LogP contribution is 2.46. The molecule has 0 amide bonds. The molecule has 2 fully saturated rings. The number of hydrogen-bond acceptors (Lipinski definition) is 6. The Morgan fingerprint density at radius 2 is 1.93 bits per heavy atom. The van der Waals surface area contributed by atoms with Crippen molar-refractivity contribution in [2.45, 2.75) is 68.8 Å². The zero-order chi connectivity index (χ0) is 18.7. The van der Waals surface area contributed by atoms with E-state index in [1.54, 1.807) is 7.11 Å². The second kappa shape index (κ2) is 7.55. The maximum absolute atomic E-state index is 10.0. The van der Waals surface area contributed by atoms with Gasteiger partial charge in [-0.1, -0.05) is 6.07 Å². The number of methoxy groups -OCH3 is 1. The molecule has 27 heavy (non-hydrogen) atoms. The smallest absolute Gasteiger partial charge is 0.161 e. The van der Waals surface area contributed by atoms with E-state index in [0.29, 0.717) is 0 Å². The van der Waals surface area contributed by atoms with Gasteiger partial charge in [0.1, 0.15) is 0 Å². The van der Waals surface area contributed by atoms with E-state index in [1.807, 2.05) is 18.2 Å². The molecule has 0 atom stereocenters. The lowest BCUT2D eigenvalue weighted by Gasteiger charge is -2.34. The first-order chi connectivity index (χ1) is 13.2. The van der Waals surface area contributed by atoms with Crippen molar-refractivity contribution in [3.63, 3.8) is 0 Å². The average molecular weight is 367 g/mol. The number of ether oxygens (including phenoxy) is 2. The van der Waals surface area contributed by atoms with Crippen molar-refractivity contribution in [1.29, 1.82) is 5.26 Å². The molecule has 1 aromatic heterocycles. The van der Waals surface area contributed by atoms with Crippen LogP contribution in [0, 0.1) is 11.3 Å². The van der Waals surface area contributed by atoms with Gasteiger partial charge in [-0.15, -0.1) is 5.10 Å². The summed E-state index contributed by atoms with van der Waals surface area (Å²) in [5.74, 6) is 2.61. The number of rotatable bonds is 5. The minimum atomic E-state index is -0.496. The molecule has 0 aliphatic heterocycles. The van der Waals surface area contributed by atoms with Gasteiger partial charge >= 0.3 is 0 Å². The van der Waals surface area contributed by atoms with Gasteiger partial charge in [0.25, 0.3) is 0 Å². The van der Waals surface area contributed by atoms with Gasteiger partial charge in [0.2, 0.25) is 0 Å². The predicted molar refractivity (Wildman–Crippen MR) is 98.6 cm³/mol. The Labute approximate surface area is 159 Å². The van der Waals surface area contributed by atoms with E-state index in [-0.39, 0.29) is 12.0 Å². The Kier molecular flexibility index (Phi) is 4.97. The molecule has 2 aliphatic carbocycles. The molecule has 0 spiro atoms. The zero-order valence-electron chi connectivity index (χ0n) is 15.6. The second-order valence-corrected chi connectivity index (χ2v) is 7.64. The Hall–Kier alpha value is -2.62. The highest BCUT2D eigenvalue weighted by molar-refractivity contribution is 5.47. The summed E-state index contributed by atoms with van der Waals surface area (Å²) >= 11 is 0. The Balaban J connectivity index is 1.56. The summed E-state index contributed by atoms with van der Waals surface area (Å²) in [6, 6.07) is 8.57. The van der Waals surface area contributed by atoms with Crippen molar-refractivity contribution in [3.05, 3.63) is 29.6 Å². The quantitative estimate of drug-likeness (QED) is 0.866. The molecule has 1 heterocycles. The standard InChI is InChI=1S/C20H25N5O2/c1-26-17-7-6-15(12-18(17)27-16-4-2-3-5-16)20(13-21)10-8-14(9-11-20)19-22-24-25-23-19/h6-7,12,14,16H,2-5,8-11H2,1H3,(H,22,23,24,25)/t14-,20+. The van der Waals surface area contributed by atoms with Gasteiger partial charge in [-0.05, 0) is 79.5 Å². The van der Waals surface area contributed by atoms with E-state index in [0.717, 1.165) is 61.4 Å². The minimum Gasteiger partial charge on any atom is -0.493 e. The summed E-state index contributed by atoms with van der Waals surface area (Å²) in [5.41, 5.74) is 0.525. The monoisotopic (exact) mass is 367 g/mol. The summed E-state index contributed by atoms with van der Waals surface area (Å²) in [4.78, 5) is 0. The van der Waals surface area contributed by atoms with Crippen molar-refractivity contribution in [2.24, 2.45) is 0 Å². The van der Waals surface area contributed by atoms with Crippen LogP contribution in [-0.2, 0) is 5.41 Å². The van der Waals surface area contributed by atoms with E-state index >= 15 is 0 Å². The van der Waals surface area contributed by atoms with Crippen LogP contribution in [-0.4, -0.2) is 33.8 Å². The Bertz CT molecular complexity index is 800. The predicted octanol–water partition coefficient (Wildman–Crippen LogP) is 3.65. The normalized spacial score (nSPS) is 25.9. The summed E-state index contributed by atoms with van der Waals surface area (Å²) < 4.78 is 11.7. The molecular formula is C20H25N5O2. The molecule has 0 bridgehead atoms. The number of H-pyrrole nitrogens is 1. The first kappa shape index (κ1) is 17.8. The van der Waals surface area contributed by atoms with Crippen LogP contribution >= 0.6 is 0 Å². The van der Waals surface area contributed by atoms with Crippen LogP contribution in [0.4, 0.5) is 0 Å². The lowest BCUT2D eigenvalue weighted by molar-refractivity contribution is 0.200. The third kappa shape index (κ3) is 3.48. The lowest BCUT2D eigenvalue weighted by atomic mass is 9.67. The van der Waals surface area contributed by atoms with Crippen LogP contribution in [0.2, 0.25) is 0 Å². The summed E-state index contributed by atoms with van der Waals surface area (Å²) in [6.45, 7) is 0. The molecule has 4 rings (SSSR count). The van der Waals surface area contributed by atoms with Crippen LogP contribution in [0.15, 0.2) is 18.2 Å². The molecule has 2 saturated carbocycles. The van der Waals surface area contributed by atoms with Crippen molar-refractivity contribution >= 4 is 0 Å². The molecule has 142 valence electrons. The molecule has 0 saturated heterocycles. The highest BCUT2D eigenvalue weighted by Gasteiger charge is 2.39. The first-order valence-corrected chi connectivity index (χ1v) is 9.74. The SMILES string of the molecule is COc1ccc([C@]2(C#N)CC[C@H](c3nnn[nH]3)CC2)cc1OC1CCCC1. The van der Waals surface area contributed by atoms with Crippen LogP contribution in [0.3, 0.4) is 0 Å². The number of nitrogens with zero attached hydrogens (tertiary/aromatic N) is 4. The largest absolute Gasteiger partial charge is 0.493 e. The van der Waals surface area contributed by atoms with Gasteiger partial charge in [-0.25, -0.2) is 5.10 Å². The zero-order valence-corrected chi connectivity index (χ0v) is 15.6. The van der Waals surface area contributed by atoms with E-state index in [4.69, 9.17) is 9.47 Å². The number of aromatic nitrogens is 4. The number of tetrazole rings is 1. The molecule has 1 N–H and O–H groups in total. The van der Waals surface area contributed by atoms with Crippen molar-refractivity contribution in [1.82, 2.24) is 20.6 Å². The number of aromatic amines is 1. The molecule has 2 aliphatic rings. The van der Waals surface area contributed by atoms with Crippen LogP contribution < -0.4 is 9.47 Å². The van der Waals surface area contributed by atoms with E-state index in [2.05, 4.69) is 26.7 Å². The average Bonchev–Trinajstić information content (AvgIpc) is 3.42. The highest BCUT2D eigenvalue weighted by atomic mass is 16.5.